The second-order valence-corrected chi connectivity index (χ2v) is 4.35. The average molecular weight is 304 g/mol. The van der Waals surface area contributed by atoms with Gasteiger partial charge in [0.1, 0.15) is 6.61 Å². The third-order valence-corrected chi connectivity index (χ3v) is 2.66. The minimum atomic E-state index is -0.735. The molecule has 0 aromatic heterocycles. The zero-order chi connectivity index (χ0) is 15.9. The molecule has 0 radical (unpaired) electrons. The Kier molecular flexibility index (Phi) is 5.02. The predicted molar refractivity (Wildman–Crippen MR) is 80.5 cm³/mol. The lowest BCUT2D eigenvalue weighted by atomic mass is 10.1. The summed E-state index contributed by atoms with van der Waals surface area (Å²) in [5, 5.41) is 7.14. The first-order valence-electron chi connectivity index (χ1n) is 6.34. The normalized spacial score (nSPS) is 10.6. The lowest BCUT2D eigenvalue weighted by molar-refractivity contribution is 0.274. The molecule has 0 saturated heterocycles. The van der Waals surface area contributed by atoms with Gasteiger partial charge in [-0.15, -0.1) is 5.10 Å². The SMILES string of the molecule is NC(N)=NN=Cc1ccc(COc2c(F)cccc2F)cc1. The molecule has 0 fully saturated rings. The van der Waals surface area contributed by atoms with Gasteiger partial charge in [0.25, 0.3) is 0 Å². The number of nitrogens with two attached hydrogens (primary N) is 2. The molecule has 7 heteroatoms. The van der Waals surface area contributed by atoms with E-state index in [0.29, 0.717) is 0 Å². The summed E-state index contributed by atoms with van der Waals surface area (Å²) in [5.41, 5.74) is 11.8. The third kappa shape index (κ3) is 4.27. The van der Waals surface area contributed by atoms with Gasteiger partial charge >= 0.3 is 0 Å². The van der Waals surface area contributed by atoms with Crippen LogP contribution in [0.3, 0.4) is 0 Å². The van der Waals surface area contributed by atoms with Crippen molar-refractivity contribution in [1.29, 1.82) is 0 Å². The highest BCUT2D eigenvalue weighted by atomic mass is 19.1. The maximum Gasteiger partial charge on any atom is 0.211 e. The van der Waals surface area contributed by atoms with Gasteiger partial charge in [-0.2, -0.15) is 5.10 Å². The van der Waals surface area contributed by atoms with E-state index in [9.17, 15) is 8.78 Å². The van der Waals surface area contributed by atoms with Crippen LogP contribution in [0.1, 0.15) is 11.1 Å². The molecule has 0 unspecified atom stereocenters. The second kappa shape index (κ2) is 7.16. The van der Waals surface area contributed by atoms with Gasteiger partial charge in [0.2, 0.25) is 5.96 Å². The summed E-state index contributed by atoms with van der Waals surface area (Å²) in [7, 11) is 0. The first-order valence-corrected chi connectivity index (χ1v) is 6.34. The molecule has 2 aromatic rings. The van der Waals surface area contributed by atoms with Crippen molar-refractivity contribution in [3.63, 3.8) is 0 Å². The molecule has 0 heterocycles. The molecule has 114 valence electrons. The fraction of sp³-hybridized carbons (Fsp3) is 0.0667. The number of halogens is 2. The summed E-state index contributed by atoms with van der Waals surface area (Å²) in [6.45, 7) is 0.0448. The number of benzene rings is 2. The Morgan fingerprint density at radius 1 is 1.05 bits per heavy atom. The van der Waals surface area contributed by atoms with Crippen molar-refractivity contribution in [2.75, 3.05) is 0 Å². The average Bonchev–Trinajstić information content (AvgIpc) is 2.48. The molecule has 0 spiro atoms. The van der Waals surface area contributed by atoms with Crippen LogP contribution >= 0.6 is 0 Å². The van der Waals surface area contributed by atoms with E-state index in [0.717, 1.165) is 23.3 Å². The van der Waals surface area contributed by atoms with Crippen LogP contribution in [0.5, 0.6) is 5.75 Å². The Labute approximate surface area is 125 Å². The highest BCUT2D eigenvalue weighted by molar-refractivity contribution is 5.81. The Hall–Kier alpha value is -2.96. The van der Waals surface area contributed by atoms with Gasteiger partial charge in [-0.3, -0.25) is 0 Å². The van der Waals surface area contributed by atoms with E-state index in [1.54, 1.807) is 24.3 Å². The molecule has 5 nitrogen and oxygen atoms in total. The molecular formula is C15H14F2N4O. The molecule has 0 atom stereocenters. The van der Waals surface area contributed by atoms with E-state index >= 15 is 0 Å². The van der Waals surface area contributed by atoms with Crippen molar-refractivity contribution >= 4 is 12.2 Å². The van der Waals surface area contributed by atoms with E-state index in [4.69, 9.17) is 16.2 Å². The fourth-order valence-corrected chi connectivity index (χ4v) is 1.64. The van der Waals surface area contributed by atoms with E-state index < -0.39 is 11.6 Å². The summed E-state index contributed by atoms with van der Waals surface area (Å²) < 4.78 is 32.0. The summed E-state index contributed by atoms with van der Waals surface area (Å²) in [6, 6.07) is 10.6. The number of para-hydroxylation sites is 1. The lowest BCUT2D eigenvalue weighted by Crippen LogP contribution is -2.21. The molecule has 22 heavy (non-hydrogen) atoms. The Morgan fingerprint density at radius 2 is 1.68 bits per heavy atom. The predicted octanol–water partition coefficient (Wildman–Crippen LogP) is 2.15. The van der Waals surface area contributed by atoms with E-state index in [-0.39, 0.29) is 18.3 Å². The summed E-state index contributed by atoms with van der Waals surface area (Å²) in [5.74, 6) is -1.99. The molecule has 0 saturated carbocycles. The number of hydrogen-bond acceptors (Lipinski definition) is 3. The number of ether oxygens (including phenoxy) is 1. The summed E-state index contributed by atoms with van der Waals surface area (Å²) in [6.07, 6.45) is 1.47. The minimum Gasteiger partial charge on any atom is -0.483 e. The minimum absolute atomic E-state index is 0.0448. The van der Waals surface area contributed by atoms with Crippen molar-refractivity contribution in [3.8, 4) is 5.75 Å². The van der Waals surface area contributed by atoms with E-state index in [2.05, 4.69) is 10.2 Å². The summed E-state index contributed by atoms with van der Waals surface area (Å²) >= 11 is 0. The maximum absolute atomic E-state index is 13.4. The summed E-state index contributed by atoms with van der Waals surface area (Å²) in [4.78, 5) is 0. The molecule has 0 amide bonds. The van der Waals surface area contributed by atoms with Gasteiger partial charge in [-0.25, -0.2) is 8.78 Å². The second-order valence-electron chi connectivity index (χ2n) is 4.35. The van der Waals surface area contributed by atoms with Crippen molar-refractivity contribution in [2.24, 2.45) is 21.7 Å². The first kappa shape index (κ1) is 15.4. The standard InChI is InChI=1S/C15H14F2N4O/c16-12-2-1-3-13(17)14(12)22-9-11-6-4-10(5-7-11)8-20-21-15(18)19/h1-8H,9H2,(H4,18,19,21). The van der Waals surface area contributed by atoms with Crippen LogP contribution in [0.2, 0.25) is 0 Å². The van der Waals surface area contributed by atoms with E-state index in [1.807, 2.05) is 0 Å². The van der Waals surface area contributed by atoms with Gasteiger partial charge in [-0.1, -0.05) is 30.3 Å². The highest BCUT2D eigenvalue weighted by Gasteiger charge is 2.09. The fourth-order valence-electron chi connectivity index (χ4n) is 1.64. The van der Waals surface area contributed by atoms with Crippen LogP contribution in [0.4, 0.5) is 8.78 Å². The topological polar surface area (TPSA) is 86.0 Å². The molecular weight excluding hydrogens is 290 g/mol. The van der Waals surface area contributed by atoms with Gasteiger partial charge in [0.15, 0.2) is 17.4 Å². The zero-order valence-electron chi connectivity index (χ0n) is 11.5. The molecule has 0 aliphatic heterocycles. The first-order chi connectivity index (χ1) is 10.6. The van der Waals surface area contributed by atoms with Crippen LogP contribution in [0, 0.1) is 11.6 Å². The molecule has 2 rings (SSSR count). The van der Waals surface area contributed by atoms with Crippen LogP contribution in [-0.4, -0.2) is 12.2 Å². The number of nitrogens with zero attached hydrogens (tertiary/aromatic N) is 2. The van der Waals surface area contributed by atoms with Crippen molar-refractivity contribution < 1.29 is 13.5 Å². The van der Waals surface area contributed by atoms with Crippen LogP contribution in [0.25, 0.3) is 0 Å². The zero-order valence-corrected chi connectivity index (χ0v) is 11.5. The third-order valence-electron chi connectivity index (χ3n) is 2.66. The van der Waals surface area contributed by atoms with Crippen molar-refractivity contribution in [1.82, 2.24) is 0 Å². The highest BCUT2D eigenvalue weighted by Crippen LogP contribution is 2.22. The van der Waals surface area contributed by atoms with Gasteiger partial charge in [-0.05, 0) is 23.3 Å². The molecule has 2 aromatic carbocycles. The van der Waals surface area contributed by atoms with Gasteiger partial charge in [0, 0.05) is 0 Å². The Bertz CT molecular complexity index is 675. The number of hydrogen-bond donors (Lipinski definition) is 2. The van der Waals surface area contributed by atoms with Crippen molar-refractivity contribution in [3.05, 3.63) is 65.2 Å². The molecule has 0 aliphatic carbocycles. The largest absolute Gasteiger partial charge is 0.483 e. The smallest absolute Gasteiger partial charge is 0.211 e. The van der Waals surface area contributed by atoms with Gasteiger partial charge in [0.05, 0.1) is 6.21 Å². The van der Waals surface area contributed by atoms with Crippen molar-refractivity contribution in [2.45, 2.75) is 6.61 Å². The Morgan fingerprint density at radius 3 is 2.27 bits per heavy atom. The van der Waals surface area contributed by atoms with Gasteiger partial charge < -0.3 is 16.2 Å². The molecule has 4 N–H and O–H groups in total. The molecule has 0 bridgehead atoms. The monoisotopic (exact) mass is 304 g/mol. The number of rotatable bonds is 5. The maximum atomic E-state index is 13.4. The molecule has 0 aliphatic rings. The number of guanidine groups is 1. The van der Waals surface area contributed by atoms with E-state index in [1.165, 1.54) is 12.3 Å². The lowest BCUT2D eigenvalue weighted by Gasteiger charge is -2.08. The van der Waals surface area contributed by atoms with Crippen LogP contribution in [0.15, 0.2) is 52.7 Å². The van der Waals surface area contributed by atoms with Crippen LogP contribution in [-0.2, 0) is 6.61 Å². The Balaban J connectivity index is 2.00. The van der Waals surface area contributed by atoms with Crippen LogP contribution < -0.4 is 16.2 Å². The quantitative estimate of drug-likeness (QED) is 0.504.